The van der Waals surface area contributed by atoms with Crippen molar-refractivity contribution in [3.8, 4) is 0 Å². The summed E-state index contributed by atoms with van der Waals surface area (Å²) in [7, 11) is 0. The normalized spacial score (nSPS) is 14.1. The Morgan fingerprint density at radius 2 is 1.77 bits per heavy atom. The molecule has 0 saturated carbocycles. The molecule has 3 amide bonds. The lowest BCUT2D eigenvalue weighted by atomic mass is 10.3. The fraction of sp³-hybridized carbons (Fsp3) is 0.176. The monoisotopic (exact) mass is 383 g/mol. The van der Waals surface area contributed by atoms with Gasteiger partial charge in [0.2, 0.25) is 5.91 Å². The number of nitrogens with zero attached hydrogens (tertiary/aromatic N) is 2. The van der Waals surface area contributed by atoms with E-state index in [0.29, 0.717) is 5.69 Å². The van der Waals surface area contributed by atoms with Crippen LogP contribution < -0.4 is 10.2 Å². The Balaban J connectivity index is 1.63. The molecule has 1 N–H and O–H groups in total. The summed E-state index contributed by atoms with van der Waals surface area (Å²) in [6.07, 6.45) is 0. The number of carbonyl (C=O) groups is 2. The van der Waals surface area contributed by atoms with E-state index < -0.39 is 29.4 Å². The van der Waals surface area contributed by atoms with Crippen LogP contribution in [-0.2, 0) is 4.79 Å². The van der Waals surface area contributed by atoms with E-state index in [2.05, 4.69) is 5.32 Å². The first-order valence-corrected chi connectivity index (χ1v) is 7.99. The number of halogens is 4. The van der Waals surface area contributed by atoms with E-state index in [1.807, 2.05) is 0 Å². The summed E-state index contributed by atoms with van der Waals surface area (Å²) in [5, 5.41) is 2.38. The summed E-state index contributed by atoms with van der Waals surface area (Å²) in [6.45, 7) is 0.239. The minimum absolute atomic E-state index is 0.135. The lowest BCUT2D eigenvalue weighted by molar-refractivity contribution is -0.116. The number of amides is 3. The van der Waals surface area contributed by atoms with Crippen LogP contribution in [0.4, 0.5) is 29.3 Å². The third-order valence-electron chi connectivity index (χ3n) is 3.85. The molecule has 3 rings (SSSR count). The van der Waals surface area contributed by atoms with Crippen LogP contribution in [0.15, 0.2) is 36.4 Å². The van der Waals surface area contributed by atoms with Crippen molar-refractivity contribution >= 4 is 34.9 Å². The van der Waals surface area contributed by atoms with Gasteiger partial charge in [0.1, 0.15) is 12.4 Å². The zero-order valence-corrected chi connectivity index (χ0v) is 14.1. The van der Waals surface area contributed by atoms with Crippen LogP contribution in [0.2, 0.25) is 5.02 Å². The predicted molar refractivity (Wildman–Crippen MR) is 90.7 cm³/mol. The van der Waals surface area contributed by atoms with Crippen molar-refractivity contribution in [1.29, 1.82) is 0 Å². The molecule has 2 aromatic rings. The molecule has 5 nitrogen and oxygen atoms in total. The van der Waals surface area contributed by atoms with E-state index in [4.69, 9.17) is 11.6 Å². The van der Waals surface area contributed by atoms with Gasteiger partial charge < -0.3 is 10.2 Å². The summed E-state index contributed by atoms with van der Waals surface area (Å²) in [5.74, 6) is -3.16. The van der Waals surface area contributed by atoms with Crippen molar-refractivity contribution < 1.29 is 22.8 Å². The summed E-state index contributed by atoms with van der Waals surface area (Å²) in [6, 6.07) is 6.38. The minimum atomic E-state index is -1.06. The van der Waals surface area contributed by atoms with Crippen molar-refractivity contribution in [2.24, 2.45) is 0 Å². The molecular weight excluding hydrogens is 371 g/mol. The third-order valence-corrected chi connectivity index (χ3v) is 4.14. The van der Waals surface area contributed by atoms with Gasteiger partial charge in [-0.25, -0.2) is 18.0 Å². The molecule has 0 radical (unpaired) electrons. The van der Waals surface area contributed by atoms with Crippen molar-refractivity contribution in [2.75, 3.05) is 29.9 Å². The first-order chi connectivity index (χ1) is 12.3. The van der Waals surface area contributed by atoms with Gasteiger partial charge >= 0.3 is 6.03 Å². The molecule has 1 saturated heterocycles. The van der Waals surface area contributed by atoms with Gasteiger partial charge in [-0.3, -0.25) is 9.69 Å². The minimum Gasteiger partial charge on any atom is -0.324 e. The highest BCUT2D eigenvalue weighted by molar-refractivity contribution is 6.31. The number of benzene rings is 2. The maximum absolute atomic E-state index is 13.3. The van der Waals surface area contributed by atoms with Crippen LogP contribution in [-0.4, -0.2) is 36.5 Å². The van der Waals surface area contributed by atoms with Gasteiger partial charge in [0.25, 0.3) is 0 Å². The molecule has 1 fully saturated rings. The average molecular weight is 384 g/mol. The van der Waals surface area contributed by atoms with Crippen molar-refractivity contribution in [1.82, 2.24) is 4.90 Å². The van der Waals surface area contributed by atoms with Crippen LogP contribution in [0.3, 0.4) is 0 Å². The van der Waals surface area contributed by atoms with Gasteiger partial charge in [-0.05, 0) is 30.3 Å². The molecule has 1 aliphatic rings. The predicted octanol–water partition coefficient (Wildman–Crippen LogP) is 3.64. The van der Waals surface area contributed by atoms with Gasteiger partial charge in [-0.2, -0.15) is 0 Å². The summed E-state index contributed by atoms with van der Waals surface area (Å²) in [5.41, 5.74) is 0.507. The number of hydrogen-bond donors (Lipinski definition) is 1. The highest BCUT2D eigenvalue weighted by atomic mass is 35.5. The Kier molecular flexibility index (Phi) is 5.03. The topological polar surface area (TPSA) is 52.7 Å². The maximum atomic E-state index is 13.3. The van der Waals surface area contributed by atoms with Crippen molar-refractivity contribution in [3.63, 3.8) is 0 Å². The SMILES string of the molecule is O=C(CN1CCN(c2ccc(F)c(F)c2)C1=O)Nc1ccc(F)c(Cl)c1. The zero-order chi connectivity index (χ0) is 18.8. The second kappa shape index (κ2) is 7.25. The van der Waals surface area contributed by atoms with E-state index >= 15 is 0 Å². The fourth-order valence-corrected chi connectivity index (χ4v) is 2.75. The highest BCUT2D eigenvalue weighted by Crippen LogP contribution is 2.23. The number of carbonyl (C=O) groups excluding carboxylic acids is 2. The van der Waals surface area contributed by atoms with Crippen molar-refractivity contribution in [2.45, 2.75) is 0 Å². The molecule has 0 unspecified atom stereocenters. The highest BCUT2D eigenvalue weighted by Gasteiger charge is 2.31. The molecular formula is C17H13ClF3N3O2. The molecule has 1 heterocycles. The second-order valence-corrected chi connectivity index (χ2v) is 6.04. The quantitative estimate of drug-likeness (QED) is 0.876. The van der Waals surface area contributed by atoms with Crippen LogP contribution in [0, 0.1) is 17.5 Å². The summed E-state index contributed by atoms with van der Waals surface area (Å²) in [4.78, 5) is 27.0. The lowest BCUT2D eigenvalue weighted by Crippen LogP contribution is -2.37. The molecule has 0 aromatic heterocycles. The summed E-state index contributed by atoms with van der Waals surface area (Å²) < 4.78 is 39.5. The van der Waals surface area contributed by atoms with Crippen LogP contribution in [0.25, 0.3) is 0 Å². The third kappa shape index (κ3) is 3.75. The fourth-order valence-electron chi connectivity index (χ4n) is 2.57. The van der Waals surface area contributed by atoms with Gasteiger partial charge in [-0.1, -0.05) is 11.6 Å². The molecule has 1 aliphatic heterocycles. The van der Waals surface area contributed by atoms with Gasteiger partial charge in [0, 0.05) is 30.5 Å². The number of urea groups is 1. The van der Waals surface area contributed by atoms with E-state index in [9.17, 15) is 22.8 Å². The Bertz CT molecular complexity index is 878. The van der Waals surface area contributed by atoms with Crippen molar-refractivity contribution in [3.05, 3.63) is 58.9 Å². The maximum Gasteiger partial charge on any atom is 0.325 e. The smallest absolute Gasteiger partial charge is 0.324 e. The van der Waals surface area contributed by atoms with Crippen LogP contribution in [0.5, 0.6) is 0 Å². The Morgan fingerprint density at radius 3 is 2.46 bits per heavy atom. The second-order valence-electron chi connectivity index (χ2n) is 5.63. The largest absolute Gasteiger partial charge is 0.325 e. The number of anilines is 2. The Morgan fingerprint density at radius 1 is 1.04 bits per heavy atom. The van der Waals surface area contributed by atoms with E-state index in [1.165, 1.54) is 28.0 Å². The average Bonchev–Trinajstić information content (AvgIpc) is 2.94. The molecule has 0 atom stereocenters. The standard InChI is InChI=1S/C17H13ClF3N3O2/c18-12-7-10(1-3-13(12)19)22-16(25)9-23-5-6-24(17(23)26)11-2-4-14(20)15(21)8-11/h1-4,7-8H,5-6,9H2,(H,22,25). The van der Waals surface area contributed by atoms with Crippen LogP contribution in [0.1, 0.15) is 0 Å². The van der Waals surface area contributed by atoms with Crippen LogP contribution >= 0.6 is 11.6 Å². The number of nitrogens with one attached hydrogen (secondary N) is 1. The molecule has 26 heavy (non-hydrogen) atoms. The number of rotatable bonds is 4. The van der Waals surface area contributed by atoms with E-state index in [1.54, 1.807) is 0 Å². The van der Waals surface area contributed by atoms with Gasteiger partial charge in [0.15, 0.2) is 11.6 Å². The Labute approximate surface area is 151 Å². The first kappa shape index (κ1) is 18.1. The number of hydrogen-bond acceptors (Lipinski definition) is 2. The molecule has 9 heteroatoms. The zero-order valence-electron chi connectivity index (χ0n) is 13.3. The first-order valence-electron chi connectivity index (χ1n) is 7.61. The molecule has 0 aliphatic carbocycles. The van der Waals surface area contributed by atoms with Gasteiger partial charge in [-0.15, -0.1) is 0 Å². The molecule has 0 spiro atoms. The molecule has 136 valence electrons. The van der Waals surface area contributed by atoms with E-state index in [0.717, 1.165) is 18.2 Å². The van der Waals surface area contributed by atoms with Gasteiger partial charge in [0.05, 0.1) is 5.02 Å². The molecule has 0 bridgehead atoms. The Hall–Kier alpha value is -2.74. The lowest BCUT2D eigenvalue weighted by Gasteiger charge is -2.18. The molecule has 2 aromatic carbocycles. The summed E-state index contributed by atoms with van der Waals surface area (Å²) >= 11 is 5.65. The van der Waals surface area contributed by atoms with E-state index in [-0.39, 0.29) is 30.3 Å².